The number of rotatable bonds is 0. The van der Waals surface area contributed by atoms with Gasteiger partial charge in [-0.3, -0.25) is 0 Å². The number of fused-ring (bicyclic) bond motifs is 5. The minimum Gasteiger partial charge on any atom is -0.129 e. The van der Waals surface area contributed by atoms with Crippen molar-refractivity contribution in [2.45, 2.75) is 24.4 Å². The molecule has 9 rings (SSSR count). The molecule has 158 valence electrons. The van der Waals surface area contributed by atoms with Gasteiger partial charge in [0.05, 0.1) is 11.5 Å². The zero-order valence-corrected chi connectivity index (χ0v) is 18.7. The SMILES string of the molecule is c1ccc2c(c1)Cc1ccc[n+]3c1C2c1cccc2c1C31c3c(cccc3-c3cccc[n+]31)C2. The van der Waals surface area contributed by atoms with Crippen molar-refractivity contribution in [1.29, 1.82) is 0 Å². The van der Waals surface area contributed by atoms with Gasteiger partial charge in [-0.2, -0.15) is 0 Å². The Kier molecular flexibility index (Phi) is 2.93. The molecule has 0 fully saturated rings. The Labute approximate surface area is 198 Å². The number of benzene rings is 3. The van der Waals surface area contributed by atoms with Crippen LogP contribution in [-0.4, -0.2) is 0 Å². The van der Waals surface area contributed by atoms with Gasteiger partial charge in [-0.1, -0.05) is 54.6 Å². The maximum absolute atomic E-state index is 2.65. The van der Waals surface area contributed by atoms with Crippen molar-refractivity contribution in [1.82, 2.24) is 0 Å². The number of hydrogen-bond acceptors (Lipinski definition) is 0. The van der Waals surface area contributed by atoms with Crippen molar-refractivity contribution in [3.8, 4) is 11.3 Å². The summed E-state index contributed by atoms with van der Waals surface area (Å²) in [7, 11) is 0. The largest absolute Gasteiger partial charge is 0.417 e. The molecule has 0 radical (unpaired) electrons. The number of nitrogens with zero attached hydrogens (tertiary/aromatic N) is 2. The third-order valence-corrected chi connectivity index (χ3v) is 8.70. The smallest absolute Gasteiger partial charge is 0.129 e. The first-order valence-electron chi connectivity index (χ1n) is 12.3. The molecule has 0 saturated heterocycles. The minimum absolute atomic E-state index is 0.267. The Morgan fingerprint density at radius 3 is 2.24 bits per heavy atom. The maximum atomic E-state index is 2.65. The lowest BCUT2D eigenvalue weighted by atomic mass is 9.66. The van der Waals surface area contributed by atoms with Crippen molar-refractivity contribution in [2.75, 3.05) is 0 Å². The van der Waals surface area contributed by atoms with E-state index in [2.05, 4.69) is 113 Å². The van der Waals surface area contributed by atoms with Gasteiger partial charge in [0, 0.05) is 30.2 Å². The van der Waals surface area contributed by atoms with Crippen molar-refractivity contribution in [2.24, 2.45) is 0 Å². The molecule has 5 aromatic rings. The van der Waals surface area contributed by atoms with Crippen LogP contribution < -0.4 is 9.13 Å². The Hall–Kier alpha value is -4.04. The Balaban J connectivity index is 1.54. The van der Waals surface area contributed by atoms with Crippen LogP contribution in [0.25, 0.3) is 11.3 Å². The van der Waals surface area contributed by atoms with Crippen LogP contribution in [0.3, 0.4) is 0 Å². The summed E-state index contributed by atoms with van der Waals surface area (Å²) in [6, 6.07) is 34.3. The van der Waals surface area contributed by atoms with E-state index in [4.69, 9.17) is 0 Å². The Morgan fingerprint density at radius 1 is 0.559 bits per heavy atom. The second kappa shape index (κ2) is 5.71. The van der Waals surface area contributed by atoms with E-state index in [1.54, 1.807) is 0 Å². The first kappa shape index (κ1) is 17.4. The third-order valence-electron chi connectivity index (χ3n) is 8.70. The van der Waals surface area contributed by atoms with Crippen molar-refractivity contribution in [3.63, 3.8) is 0 Å². The molecule has 4 aliphatic rings. The van der Waals surface area contributed by atoms with Gasteiger partial charge in [-0.15, -0.1) is 9.13 Å². The Morgan fingerprint density at radius 2 is 1.26 bits per heavy atom. The molecule has 2 nitrogen and oxygen atoms in total. The van der Waals surface area contributed by atoms with Crippen LogP contribution >= 0.6 is 0 Å². The number of hydrogen-bond donors (Lipinski definition) is 0. The van der Waals surface area contributed by atoms with E-state index in [0.29, 0.717) is 0 Å². The quantitative estimate of drug-likeness (QED) is 0.302. The molecule has 3 aromatic carbocycles. The standard InChI is InChI=1S/C32H22N2/c1-2-12-24-20(8-1)18-23-11-7-17-34-31(23)28(24)26-14-6-10-22-19-21-9-5-13-25-27-15-3-4-16-33(27)32(34,29(21)25)30(22)26/h1-17,28H,18-19H2/q+2. The molecule has 2 atom stereocenters. The van der Waals surface area contributed by atoms with Crippen LogP contribution in [0.2, 0.25) is 0 Å². The van der Waals surface area contributed by atoms with Crippen molar-refractivity contribution in [3.05, 3.63) is 154 Å². The summed E-state index contributed by atoms with van der Waals surface area (Å²) in [4.78, 5) is 0. The average Bonchev–Trinajstić information content (AvgIpc) is 3.19. The average molecular weight is 435 g/mol. The summed E-state index contributed by atoms with van der Waals surface area (Å²) in [5.74, 6) is 0.267. The summed E-state index contributed by atoms with van der Waals surface area (Å²) in [6.07, 6.45) is 6.64. The number of aromatic nitrogens is 2. The van der Waals surface area contributed by atoms with Gasteiger partial charge < -0.3 is 0 Å². The molecular formula is C32H22N2+2. The van der Waals surface area contributed by atoms with Crippen LogP contribution in [-0.2, 0) is 18.5 Å². The molecule has 0 N–H and O–H groups in total. The van der Waals surface area contributed by atoms with Gasteiger partial charge in [-0.25, -0.2) is 0 Å². The van der Waals surface area contributed by atoms with Crippen LogP contribution in [0.15, 0.2) is 103 Å². The van der Waals surface area contributed by atoms with E-state index in [1.807, 2.05) is 0 Å². The molecule has 2 aliphatic carbocycles. The number of pyridine rings is 2. The van der Waals surface area contributed by atoms with E-state index in [9.17, 15) is 0 Å². The summed E-state index contributed by atoms with van der Waals surface area (Å²) in [5.41, 5.74) is 15.5. The van der Waals surface area contributed by atoms with Gasteiger partial charge in [0.1, 0.15) is 11.1 Å². The fourth-order valence-corrected chi connectivity index (χ4v) is 7.64. The summed E-state index contributed by atoms with van der Waals surface area (Å²) in [5, 5.41) is 0. The van der Waals surface area contributed by atoms with Gasteiger partial charge in [0.25, 0.3) is 0 Å². The van der Waals surface area contributed by atoms with Gasteiger partial charge >= 0.3 is 5.66 Å². The van der Waals surface area contributed by atoms with E-state index in [1.165, 1.54) is 61.5 Å². The monoisotopic (exact) mass is 434 g/mol. The van der Waals surface area contributed by atoms with E-state index in [0.717, 1.165) is 12.8 Å². The Bertz CT molecular complexity index is 1730. The van der Waals surface area contributed by atoms with Crippen LogP contribution in [0.5, 0.6) is 0 Å². The first-order valence-corrected chi connectivity index (χ1v) is 12.3. The fraction of sp³-hybridized carbons (Fsp3) is 0.125. The summed E-state index contributed by atoms with van der Waals surface area (Å²) in [6.45, 7) is 0. The van der Waals surface area contributed by atoms with Crippen LogP contribution in [0.4, 0.5) is 0 Å². The molecule has 0 bridgehead atoms. The predicted molar refractivity (Wildman–Crippen MR) is 130 cm³/mol. The lowest BCUT2D eigenvalue weighted by molar-refractivity contribution is -0.968. The molecule has 2 unspecified atom stereocenters. The van der Waals surface area contributed by atoms with Crippen molar-refractivity contribution >= 4 is 0 Å². The molecule has 1 spiro atoms. The highest BCUT2D eigenvalue weighted by molar-refractivity contribution is 5.73. The zero-order valence-electron chi connectivity index (χ0n) is 18.7. The molecule has 0 saturated carbocycles. The van der Waals surface area contributed by atoms with E-state index < -0.39 is 0 Å². The highest BCUT2D eigenvalue weighted by Gasteiger charge is 2.69. The fourth-order valence-electron chi connectivity index (χ4n) is 7.64. The molecule has 2 aliphatic heterocycles. The van der Waals surface area contributed by atoms with Gasteiger partial charge in [0.15, 0.2) is 12.4 Å². The summed E-state index contributed by atoms with van der Waals surface area (Å²) < 4.78 is 5.20. The van der Waals surface area contributed by atoms with Crippen LogP contribution in [0, 0.1) is 0 Å². The highest BCUT2D eigenvalue weighted by Crippen LogP contribution is 2.54. The summed E-state index contributed by atoms with van der Waals surface area (Å²) >= 11 is 0. The second-order valence-corrected chi connectivity index (χ2v) is 10.1. The van der Waals surface area contributed by atoms with Gasteiger partial charge in [-0.05, 0) is 52.4 Å². The lowest BCUT2D eigenvalue weighted by Gasteiger charge is -2.39. The van der Waals surface area contributed by atoms with E-state index >= 15 is 0 Å². The first-order chi connectivity index (χ1) is 16.9. The second-order valence-electron chi connectivity index (χ2n) is 10.1. The molecule has 2 aromatic heterocycles. The van der Waals surface area contributed by atoms with Crippen molar-refractivity contribution < 1.29 is 9.13 Å². The molecule has 34 heavy (non-hydrogen) atoms. The molecular weight excluding hydrogens is 412 g/mol. The maximum Gasteiger partial charge on any atom is 0.417 e. The molecule has 2 heteroatoms. The predicted octanol–water partition coefficient (Wildman–Crippen LogP) is 4.84. The zero-order chi connectivity index (χ0) is 22.0. The molecule has 0 amide bonds. The minimum atomic E-state index is -0.374. The van der Waals surface area contributed by atoms with Crippen LogP contribution in [0.1, 0.15) is 56.1 Å². The lowest BCUT2D eigenvalue weighted by Crippen LogP contribution is -2.77. The normalized spacial score (nSPS) is 21.1. The third kappa shape index (κ3) is 1.74. The van der Waals surface area contributed by atoms with E-state index in [-0.39, 0.29) is 11.6 Å². The highest BCUT2D eigenvalue weighted by atomic mass is 15.3. The van der Waals surface area contributed by atoms with Gasteiger partial charge in [0.2, 0.25) is 11.4 Å². The molecule has 4 heterocycles. The topological polar surface area (TPSA) is 7.76 Å².